The fourth-order valence-electron chi connectivity index (χ4n) is 4.36. The highest BCUT2D eigenvalue weighted by Crippen LogP contribution is 2.27. The molecule has 1 atom stereocenters. The average molecular weight is 475 g/mol. The zero-order chi connectivity index (χ0) is 23.4. The number of pyridine rings is 1. The van der Waals surface area contributed by atoms with Crippen molar-refractivity contribution in [2.75, 3.05) is 33.9 Å². The largest absolute Gasteiger partial charge is 0.493 e. The van der Waals surface area contributed by atoms with Crippen LogP contribution in [0, 0.1) is 5.92 Å². The Kier molecular flexibility index (Phi) is 7.01. The van der Waals surface area contributed by atoms with E-state index in [2.05, 4.69) is 19.9 Å². The van der Waals surface area contributed by atoms with Gasteiger partial charge in [0.05, 0.1) is 19.6 Å². The van der Waals surface area contributed by atoms with Crippen LogP contribution in [-0.4, -0.2) is 52.2 Å². The number of benzene rings is 1. The van der Waals surface area contributed by atoms with Gasteiger partial charge in [0.2, 0.25) is 0 Å². The summed E-state index contributed by atoms with van der Waals surface area (Å²) in [6, 6.07) is 7.78. The van der Waals surface area contributed by atoms with Crippen LogP contribution in [-0.2, 0) is 10.2 Å². The zero-order valence-electron chi connectivity index (χ0n) is 18.8. The fraction of sp³-hybridized carbons (Fsp3) is 0.455. The minimum absolute atomic E-state index is 0.245. The van der Waals surface area contributed by atoms with Gasteiger partial charge in [-0.15, -0.1) is 0 Å². The number of piperidine rings is 1. The smallest absolute Gasteiger partial charge is 0.274 e. The third-order valence-corrected chi connectivity index (χ3v) is 6.71. The van der Waals surface area contributed by atoms with Gasteiger partial charge in [0, 0.05) is 43.3 Å². The molecule has 1 saturated heterocycles. The number of aromatic nitrogens is 1. The molecule has 4 N–H and O–H groups in total. The Labute approximate surface area is 193 Å². The van der Waals surface area contributed by atoms with E-state index in [9.17, 15) is 8.42 Å². The highest BCUT2D eigenvalue weighted by Gasteiger charge is 2.26. The number of methoxy groups -OCH3 is 2. The van der Waals surface area contributed by atoms with Gasteiger partial charge < -0.3 is 19.7 Å². The van der Waals surface area contributed by atoms with E-state index in [1.807, 2.05) is 24.3 Å². The Hall–Kier alpha value is -2.89. The van der Waals surface area contributed by atoms with Crippen LogP contribution in [0.4, 0.5) is 0 Å². The van der Waals surface area contributed by atoms with Crippen molar-refractivity contribution >= 4 is 16.0 Å². The Balaban J connectivity index is 1.61. The first-order chi connectivity index (χ1) is 15.9. The fourth-order valence-corrected chi connectivity index (χ4v) is 4.76. The molecule has 4 rings (SSSR count). The number of ether oxygens (including phenoxy) is 2. The molecular weight excluding hydrogens is 444 g/mol. The molecular formula is C22H30N6O4S. The van der Waals surface area contributed by atoms with Crippen LogP contribution in [0.3, 0.4) is 0 Å². The predicted octanol–water partition coefficient (Wildman–Crippen LogP) is -0.0187. The number of nitrogens with one attached hydrogen (secondary N) is 2. The summed E-state index contributed by atoms with van der Waals surface area (Å²) in [7, 11) is -0.403. The van der Waals surface area contributed by atoms with Crippen molar-refractivity contribution in [3.8, 4) is 11.5 Å². The molecule has 0 spiro atoms. The summed E-state index contributed by atoms with van der Waals surface area (Å²) in [6.07, 6.45) is 5.96. The third-order valence-electron chi connectivity index (χ3n) is 6.11. The summed E-state index contributed by atoms with van der Waals surface area (Å²) in [6.45, 7) is 2.06. The Morgan fingerprint density at radius 2 is 1.82 bits per heavy atom. The molecule has 11 heteroatoms. The summed E-state index contributed by atoms with van der Waals surface area (Å²) in [4.78, 5) is 11.4. The second-order valence-corrected chi connectivity index (χ2v) is 9.57. The van der Waals surface area contributed by atoms with Gasteiger partial charge in [-0.05, 0) is 48.9 Å². The van der Waals surface area contributed by atoms with Crippen molar-refractivity contribution < 1.29 is 17.9 Å². The standard InChI is InChI=1S/C22H30N6O4S/c1-31-19-13-17-18(14-20(19)32-2)26-21(16-4-8-24-9-5-16)27-22(17)28-11-6-15(7-12-28)3-10-25-33(23,29)30/h4-5,8-9,13-15,21,25,27H,3,6-7,10-12H2,1-2H3,(H2,23,29,30). The van der Waals surface area contributed by atoms with E-state index < -0.39 is 10.2 Å². The molecule has 2 aromatic rings. The lowest BCUT2D eigenvalue weighted by molar-refractivity contribution is 0.233. The van der Waals surface area contributed by atoms with Crippen LogP contribution in [0.25, 0.3) is 5.82 Å². The van der Waals surface area contributed by atoms with E-state index >= 15 is 0 Å². The molecule has 0 aliphatic carbocycles. The lowest BCUT2D eigenvalue weighted by atomic mass is 9.93. The lowest BCUT2D eigenvalue weighted by Gasteiger charge is -2.37. The molecule has 10 nitrogen and oxygen atoms in total. The lowest BCUT2D eigenvalue weighted by Crippen LogP contribution is -2.48. The van der Waals surface area contributed by atoms with Crippen LogP contribution in [0.15, 0.2) is 41.7 Å². The number of nitrogens with two attached hydrogens (primary N) is 1. The number of nitrogens with zero attached hydrogens (tertiary/aromatic N) is 3. The van der Waals surface area contributed by atoms with E-state index in [0.717, 1.165) is 54.3 Å². The van der Waals surface area contributed by atoms with Crippen molar-refractivity contribution in [2.45, 2.75) is 25.4 Å². The van der Waals surface area contributed by atoms with E-state index in [1.54, 1.807) is 26.6 Å². The maximum absolute atomic E-state index is 11.1. The molecule has 2 aliphatic heterocycles. The van der Waals surface area contributed by atoms with Gasteiger partial charge in [-0.2, -0.15) is 8.42 Å². The Bertz CT molecular complexity index is 1200. The predicted molar refractivity (Wildman–Crippen MR) is 124 cm³/mol. The molecule has 1 fully saturated rings. The topological polar surface area (TPSA) is 131 Å². The van der Waals surface area contributed by atoms with Crippen LogP contribution in [0.5, 0.6) is 11.5 Å². The maximum atomic E-state index is 11.1. The van der Waals surface area contributed by atoms with Crippen molar-refractivity contribution in [2.24, 2.45) is 16.0 Å². The van der Waals surface area contributed by atoms with Crippen LogP contribution in [0.2, 0.25) is 0 Å². The summed E-state index contributed by atoms with van der Waals surface area (Å²) < 4.78 is 35.6. The number of rotatable bonds is 8. The zero-order valence-corrected chi connectivity index (χ0v) is 19.6. The molecule has 33 heavy (non-hydrogen) atoms. The third kappa shape index (κ3) is 5.55. The number of hydrogen-bond acceptors (Lipinski definition) is 8. The van der Waals surface area contributed by atoms with Crippen LogP contribution >= 0.6 is 0 Å². The normalized spacial score (nSPS) is 18.8. The summed E-state index contributed by atoms with van der Waals surface area (Å²) >= 11 is 0. The van der Waals surface area contributed by atoms with Gasteiger partial charge in [0.15, 0.2) is 11.5 Å². The monoisotopic (exact) mass is 474 g/mol. The van der Waals surface area contributed by atoms with Crippen LogP contribution < -0.4 is 35.2 Å². The molecule has 3 heterocycles. The number of likely N-dealkylation sites (tertiary alicyclic amines) is 1. The van der Waals surface area contributed by atoms with E-state index in [0.29, 0.717) is 24.0 Å². The SMILES string of the molecule is COc1cc2c(cc1OC)=C(N1CCC(CCNS(N)(=O)=O)CC1)NC(c1ccncc1)N=2. The Morgan fingerprint density at radius 3 is 2.45 bits per heavy atom. The van der Waals surface area contributed by atoms with Crippen molar-refractivity contribution in [3.63, 3.8) is 0 Å². The molecule has 0 saturated carbocycles. The second kappa shape index (κ2) is 9.94. The van der Waals surface area contributed by atoms with Crippen molar-refractivity contribution in [1.29, 1.82) is 0 Å². The second-order valence-electron chi connectivity index (χ2n) is 8.19. The van der Waals surface area contributed by atoms with Gasteiger partial charge >= 0.3 is 0 Å². The number of hydrogen-bond donors (Lipinski definition) is 3. The van der Waals surface area contributed by atoms with E-state index in [1.165, 1.54) is 0 Å². The molecule has 1 aromatic carbocycles. The molecule has 2 aliphatic rings. The summed E-state index contributed by atoms with van der Waals surface area (Å²) in [5.74, 6) is 2.72. The van der Waals surface area contributed by atoms with Gasteiger partial charge in [0.1, 0.15) is 12.0 Å². The molecule has 1 unspecified atom stereocenters. The quantitative estimate of drug-likeness (QED) is 0.490. The first-order valence-electron chi connectivity index (χ1n) is 10.9. The molecule has 0 radical (unpaired) electrons. The van der Waals surface area contributed by atoms with Gasteiger partial charge in [-0.3, -0.25) is 9.98 Å². The molecule has 0 amide bonds. The van der Waals surface area contributed by atoms with Crippen LogP contribution in [0.1, 0.15) is 31.0 Å². The van der Waals surface area contributed by atoms with E-state index in [-0.39, 0.29) is 6.17 Å². The highest BCUT2D eigenvalue weighted by atomic mass is 32.2. The van der Waals surface area contributed by atoms with Gasteiger partial charge in [-0.25, -0.2) is 9.86 Å². The maximum Gasteiger partial charge on any atom is 0.274 e. The molecule has 1 aromatic heterocycles. The summed E-state index contributed by atoms with van der Waals surface area (Å²) in [5, 5.41) is 10.4. The first-order valence-corrected chi connectivity index (χ1v) is 12.5. The van der Waals surface area contributed by atoms with Crippen molar-refractivity contribution in [1.82, 2.24) is 19.9 Å². The summed E-state index contributed by atoms with van der Waals surface area (Å²) in [5.41, 5.74) is 1.02. The molecule has 178 valence electrons. The van der Waals surface area contributed by atoms with E-state index in [4.69, 9.17) is 19.6 Å². The highest BCUT2D eigenvalue weighted by molar-refractivity contribution is 7.87. The minimum Gasteiger partial charge on any atom is -0.493 e. The average Bonchev–Trinajstić information content (AvgIpc) is 2.82. The minimum atomic E-state index is -3.64. The number of fused-ring (bicyclic) bond motifs is 1. The Morgan fingerprint density at radius 1 is 1.15 bits per heavy atom. The molecule has 0 bridgehead atoms. The van der Waals surface area contributed by atoms with Gasteiger partial charge in [0.25, 0.3) is 10.2 Å². The van der Waals surface area contributed by atoms with Crippen molar-refractivity contribution in [3.05, 3.63) is 52.8 Å². The first kappa shape index (κ1) is 23.3. The van der Waals surface area contributed by atoms with Gasteiger partial charge in [-0.1, -0.05) is 0 Å².